The first-order valence-electron chi connectivity index (χ1n) is 4.16. The van der Waals surface area contributed by atoms with Gasteiger partial charge in [0.15, 0.2) is 0 Å². The molecule has 84 valence electrons. The van der Waals surface area contributed by atoms with Crippen molar-refractivity contribution < 1.29 is 8.42 Å². The zero-order valence-electron chi connectivity index (χ0n) is 8.37. The second-order valence-corrected chi connectivity index (χ2v) is 6.62. The molecule has 0 unspecified atom stereocenters. The third-order valence-electron chi connectivity index (χ3n) is 1.96. The zero-order valence-corrected chi connectivity index (χ0v) is 11.5. The number of benzene rings is 1. The van der Waals surface area contributed by atoms with E-state index in [1.54, 1.807) is 12.1 Å². The molecule has 6 heteroatoms. The van der Waals surface area contributed by atoms with E-state index in [0.29, 0.717) is 11.6 Å². The molecule has 1 rings (SSSR count). The second-order valence-electron chi connectivity index (χ2n) is 3.27. The van der Waals surface area contributed by atoms with Crippen LogP contribution in [-0.4, -0.2) is 26.0 Å². The van der Waals surface area contributed by atoms with Crippen molar-refractivity contribution in [1.29, 1.82) is 0 Å². The first-order chi connectivity index (χ1) is 6.80. The van der Waals surface area contributed by atoms with Crippen molar-refractivity contribution in [2.24, 2.45) is 0 Å². The summed E-state index contributed by atoms with van der Waals surface area (Å²) in [4.78, 5) is 0. The van der Waals surface area contributed by atoms with Gasteiger partial charge >= 0.3 is 0 Å². The lowest BCUT2D eigenvalue weighted by Gasteiger charge is -2.14. The van der Waals surface area contributed by atoms with E-state index in [0.717, 1.165) is 10.0 Å². The van der Waals surface area contributed by atoms with Crippen LogP contribution in [0.3, 0.4) is 0 Å². The van der Waals surface area contributed by atoms with E-state index in [4.69, 9.17) is 11.6 Å². The van der Waals surface area contributed by atoms with Gasteiger partial charge in [-0.25, -0.2) is 12.7 Å². The van der Waals surface area contributed by atoms with Gasteiger partial charge in [0, 0.05) is 18.1 Å². The van der Waals surface area contributed by atoms with Gasteiger partial charge in [0.2, 0.25) is 10.0 Å². The maximum Gasteiger partial charge on any atom is 0.211 e. The summed E-state index contributed by atoms with van der Waals surface area (Å²) in [5, 5.41) is 0.578. The number of hydrogen-bond donors (Lipinski definition) is 0. The third-order valence-corrected chi connectivity index (χ3v) is 4.45. The van der Waals surface area contributed by atoms with Gasteiger partial charge in [-0.3, -0.25) is 0 Å². The summed E-state index contributed by atoms with van der Waals surface area (Å²) in [6, 6.07) is 5.37. The molecule has 0 radical (unpaired) electrons. The molecule has 15 heavy (non-hydrogen) atoms. The lowest BCUT2D eigenvalue weighted by Crippen LogP contribution is -2.24. The fraction of sp³-hybridized carbons (Fsp3) is 0.333. The van der Waals surface area contributed by atoms with Crippen LogP contribution in [0.25, 0.3) is 0 Å². The standard InChI is InChI=1S/C9H11BrClNO2S/c1-12(15(2,13)14)6-7-3-4-8(10)9(11)5-7/h3-5H,6H2,1-2H3. The molecule has 0 amide bonds. The van der Waals surface area contributed by atoms with E-state index in [1.165, 1.54) is 17.6 Å². The first kappa shape index (κ1) is 13.0. The smallest absolute Gasteiger partial charge is 0.211 e. The zero-order chi connectivity index (χ0) is 11.6. The molecule has 0 aliphatic heterocycles. The molecule has 0 atom stereocenters. The molecule has 0 bridgehead atoms. The van der Waals surface area contributed by atoms with E-state index in [-0.39, 0.29) is 0 Å². The normalized spacial score (nSPS) is 12.1. The molecule has 0 spiro atoms. The fourth-order valence-electron chi connectivity index (χ4n) is 1.01. The SMILES string of the molecule is CN(Cc1ccc(Br)c(Cl)c1)S(C)(=O)=O. The molecular formula is C9H11BrClNO2S. The Labute approximate surface area is 103 Å². The van der Waals surface area contributed by atoms with Gasteiger partial charge in [-0.15, -0.1) is 0 Å². The largest absolute Gasteiger partial charge is 0.213 e. The van der Waals surface area contributed by atoms with E-state index in [9.17, 15) is 8.42 Å². The van der Waals surface area contributed by atoms with E-state index in [2.05, 4.69) is 15.9 Å². The van der Waals surface area contributed by atoms with Crippen molar-refractivity contribution in [3.8, 4) is 0 Å². The Morgan fingerprint density at radius 3 is 2.53 bits per heavy atom. The van der Waals surface area contributed by atoms with Gasteiger partial charge in [-0.2, -0.15) is 0 Å². The lowest BCUT2D eigenvalue weighted by atomic mass is 10.2. The molecule has 0 saturated heterocycles. The number of nitrogens with zero attached hydrogens (tertiary/aromatic N) is 1. The molecule has 0 saturated carbocycles. The minimum absolute atomic E-state index is 0.325. The van der Waals surface area contributed by atoms with Crippen molar-refractivity contribution in [1.82, 2.24) is 4.31 Å². The van der Waals surface area contributed by atoms with Crippen LogP contribution in [0.5, 0.6) is 0 Å². The highest BCUT2D eigenvalue weighted by Crippen LogP contribution is 2.23. The summed E-state index contributed by atoms with van der Waals surface area (Å²) >= 11 is 9.17. The quantitative estimate of drug-likeness (QED) is 0.860. The van der Waals surface area contributed by atoms with Crippen molar-refractivity contribution in [2.45, 2.75) is 6.54 Å². The van der Waals surface area contributed by atoms with Gasteiger partial charge in [-0.05, 0) is 33.6 Å². The molecule has 0 aliphatic rings. The number of hydrogen-bond acceptors (Lipinski definition) is 2. The summed E-state index contributed by atoms with van der Waals surface area (Å²) in [5.41, 5.74) is 0.858. The predicted molar refractivity (Wildman–Crippen MR) is 65.5 cm³/mol. The van der Waals surface area contributed by atoms with E-state index >= 15 is 0 Å². The van der Waals surface area contributed by atoms with Crippen molar-refractivity contribution in [2.75, 3.05) is 13.3 Å². The van der Waals surface area contributed by atoms with Crippen LogP contribution in [0.4, 0.5) is 0 Å². The van der Waals surface area contributed by atoms with E-state index < -0.39 is 10.0 Å². The van der Waals surface area contributed by atoms with Crippen LogP contribution in [0.1, 0.15) is 5.56 Å². The third kappa shape index (κ3) is 3.75. The van der Waals surface area contributed by atoms with Gasteiger partial charge in [-0.1, -0.05) is 17.7 Å². The van der Waals surface area contributed by atoms with E-state index in [1.807, 2.05) is 6.07 Å². The summed E-state index contributed by atoms with van der Waals surface area (Å²) in [5.74, 6) is 0. The molecule has 0 N–H and O–H groups in total. The fourth-order valence-corrected chi connectivity index (χ4v) is 1.85. The maximum absolute atomic E-state index is 11.2. The predicted octanol–water partition coefficient (Wildman–Crippen LogP) is 2.49. The lowest BCUT2D eigenvalue weighted by molar-refractivity contribution is 0.472. The number of sulfonamides is 1. The molecule has 3 nitrogen and oxygen atoms in total. The Bertz CT molecular complexity index is 461. The highest BCUT2D eigenvalue weighted by Gasteiger charge is 2.11. The average Bonchev–Trinajstić information content (AvgIpc) is 2.10. The molecule has 0 aliphatic carbocycles. The summed E-state index contributed by atoms with van der Waals surface area (Å²) in [7, 11) is -1.61. The number of halogens is 2. The first-order valence-corrected chi connectivity index (χ1v) is 7.18. The van der Waals surface area contributed by atoms with Gasteiger partial charge in [0.1, 0.15) is 0 Å². The minimum Gasteiger partial charge on any atom is -0.213 e. The Hall–Kier alpha value is -0.100. The van der Waals surface area contributed by atoms with Gasteiger partial charge in [0.25, 0.3) is 0 Å². The average molecular weight is 313 g/mol. The Balaban J connectivity index is 2.87. The highest BCUT2D eigenvalue weighted by atomic mass is 79.9. The second kappa shape index (κ2) is 4.82. The summed E-state index contributed by atoms with van der Waals surface area (Å²) in [6.07, 6.45) is 1.17. The van der Waals surface area contributed by atoms with Gasteiger partial charge in [0.05, 0.1) is 11.3 Å². The van der Waals surface area contributed by atoms with Crippen LogP contribution in [-0.2, 0) is 16.6 Å². The summed E-state index contributed by atoms with van der Waals surface area (Å²) in [6.45, 7) is 0.325. The molecule has 0 fully saturated rings. The van der Waals surface area contributed by atoms with Crippen LogP contribution in [0.15, 0.2) is 22.7 Å². The Kier molecular flexibility index (Phi) is 4.17. The number of rotatable bonds is 3. The Morgan fingerprint density at radius 1 is 1.47 bits per heavy atom. The molecule has 1 aromatic rings. The van der Waals surface area contributed by atoms with Crippen LogP contribution >= 0.6 is 27.5 Å². The topological polar surface area (TPSA) is 37.4 Å². The van der Waals surface area contributed by atoms with Gasteiger partial charge < -0.3 is 0 Å². The molecular weight excluding hydrogens is 302 g/mol. The summed E-state index contributed by atoms with van der Waals surface area (Å²) < 4.78 is 24.4. The monoisotopic (exact) mass is 311 g/mol. The Morgan fingerprint density at radius 2 is 2.07 bits per heavy atom. The van der Waals surface area contributed by atoms with Crippen molar-refractivity contribution in [3.63, 3.8) is 0 Å². The van der Waals surface area contributed by atoms with Crippen molar-refractivity contribution in [3.05, 3.63) is 33.3 Å². The molecule has 0 aromatic heterocycles. The molecule has 1 aromatic carbocycles. The van der Waals surface area contributed by atoms with Crippen LogP contribution < -0.4 is 0 Å². The van der Waals surface area contributed by atoms with Crippen LogP contribution in [0.2, 0.25) is 5.02 Å². The maximum atomic E-state index is 11.2. The van der Waals surface area contributed by atoms with Crippen LogP contribution in [0, 0.1) is 0 Å². The highest BCUT2D eigenvalue weighted by molar-refractivity contribution is 9.10. The van der Waals surface area contributed by atoms with Crippen molar-refractivity contribution >= 4 is 37.6 Å². The molecule has 0 heterocycles. The minimum atomic E-state index is -3.15.